The van der Waals surface area contributed by atoms with E-state index in [0.29, 0.717) is 6.07 Å². The molecule has 1 aromatic heterocycles. The Balaban J connectivity index is 3.27. The molecule has 4 N–H and O–H groups in total. The molecular weight excluding hydrogens is 268 g/mol. The van der Waals surface area contributed by atoms with Crippen LogP contribution in [0.15, 0.2) is 6.07 Å². The van der Waals surface area contributed by atoms with Gasteiger partial charge in [-0.05, 0) is 6.07 Å². The lowest BCUT2D eigenvalue weighted by Crippen LogP contribution is -2.21. The molecule has 0 radical (unpaired) electrons. The minimum absolute atomic E-state index is 0.302. The van der Waals surface area contributed by atoms with Crippen molar-refractivity contribution >= 4 is 5.69 Å². The zero-order valence-electron chi connectivity index (χ0n) is 8.56. The minimum atomic E-state index is -5.10. The molecule has 4 nitrogen and oxygen atoms in total. The summed E-state index contributed by atoms with van der Waals surface area (Å²) in [4.78, 5) is 3.03. The van der Waals surface area contributed by atoms with E-state index in [4.69, 9.17) is 11.5 Å². The number of alkyl halides is 6. The Hall–Kier alpha value is -1.71. The predicted molar refractivity (Wildman–Crippen MR) is 48.2 cm³/mol. The lowest BCUT2D eigenvalue weighted by molar-refractivity contribution is -0.275. The number of nitrogens with zero attached hydrogens (tertiary/aromatic N) is 1. The van der Waals surface area contributed by atoms with Gasteiger partial charge < -0.3 is 16.2 Å². The van der Waals surface area contributed by atoms with Crippen LogP contribution in [0.2, 0.25) is 0 Å². The van der Waals surface area contributed by atoms with Crippen molar-refractivity contribution < 1.29 is 31.1 Å². The van der Waals surface area contributed by atoms with Gasteiger partial charge in [-0.2, -0.15) is 13.2 Å². The molecule has 0 saturated heterocycles. The van der Waals surface area contributed by atoms with Crippen LogP contribution in [0, 0.1) is 0 Å². The van der Waals surface area contributed by atoms with Crippen molar-refractivity contribution in [1.29, 1.82) is 0 Å². The summed E-state index contributed by atoms with van der Waals surface area (Å²) in [6.45, 7) is -0.705. The summed E-state index contributed by atoms with van der Waals surface area (Å²) in [6.07, 6.45) is -9.92. The second kappa shape index (κ2) is 4.52. The summed E-state index contributed by atoms with van der Waals surface area (Å²) in [5.41, 5.74) is 7.06. The summed E-state index contributed by atoms with van der Waals surface area (Å²) >= 11 is 0. The Bertz CT molecular complexity index is 442. The SMILES string of the molecule is NCc1nc(OC(F)(F)F)c(N)cc1C(F)(F)F. The first-order valence-corrected chi connectivity index (χ1v) is 4.37. The Morgan fingerprint density at radius 3 is 2.11 bits per heavy atom. The molecule has 0 spiro atoms. The molecule has 0 amide bonds. The number of nitrogens with two attached hydrogens (primary N) is 2. The Labute approximate surface area is 96.5 Å². The number of ether oxygens (including phenoxy) is 1. The summed E-state index contributed by atoms with van der Waals surface area (Å²) in [5, 5.41) is 0. The van der Waals surface area contributed by atoms with Gasteiger partial charge in [0.1, 0.15) is 0 Å². The van der Waals surface area contributed by atoms with Gasteiger partial charge >= 0.3 is 12.5 Å². The Morgan fingerprint density at radius 1 is 1.17 bits per heavy atom. The van der Waals surface area contributed by atoms with Gasteiger partial charge in [-0.3, -0.25) is 0 Å². The summed E-state index contributed by atoms with van der Waals surface area (Å²) in [7, 11) is 0. The van der Waals surface area contributed by atoms with E-state index >= 15 is 0 Å². The molecule has 0 unspecified atom stereocenters. The van der Waals surface area contributed by atoms with E-state index in [1.807, 2.05) is 0 Å². The highest BCUT2D eigenvalue weighted by Gasteiger charge is 2.37. The molecule has 10 heteroatoms. The van der Waals surface area contributed by atoms with Crippen molar-refractivity contribution in [2.24, 2.45) is 5.73 Å². The highest BCUT2D eigenvalue weighted by molar-refractivity contribution is 5.52. The van der Waals surface area contributed by atoms with Crippen LogP contribution in [-0.2, 0) is 12.7 Å². The first-order chi connectivity index (χ1) is 8.04. The summed E-state index contributed by atoms with van der Waals surface area (Å²) in [5.74, 6) is -1.16. The van der Waals surface area contributed by atoms with Crippen LogP contribution in [0.5, 0.6) is 5.88 Å². The number of hydrogen-bond acceptors (Lipinski definition) is 4. The van der Waals surface area contributed by atoms with Gasteiger partial charge in [-0.15, -0.1) is 13.2 Å². The molecule has 0 aliphatic carbocycles. The molecule has 0 saturated carbocycles. The lowest BCUT2D eigenvalue weighted by atomic mass is 10.1. The lowest BCUT2D eigenvalue weighted by Gasteiger charge is -2.15. The first-order valence-electron chi connectivity index (χ1n) is 4.37. The van der Waals surface area contributed by atoms with E-state index in [1.54, 1.807) is 0 Å². The van der Waals surface area contributed by atoms with Crippen molar-refractivity contribution in [2.75, 3.05) is 5.73 Å². The van der Waals surface area contributed by atoms with Crippen LogP contribution >= 0.6 is 0 Å². The smallest absolute Gasteiger partial charge is 0.394 e. The number of halogens is 6. The van der Waals surface area contributed by atoms with Crippen LogP contribution < -0.4 is 16.2 Å². The third kappa shape index (κ3) is 3.39. The number of aromatic nitrogens is 1. The van der Waals surface area contributed by atoms with E-state index in [9.17, 15) is 26.3 Å². The van der Waals surface area contributed by atoms with Gasteiger partial charge in [-0.1, -0.05) is 0 Å². The maximum atomic E-state index is 12.5. The maximum Gasteiger partial charge on any atom is 0.574 e. The van der Waals surface area contributed by atoms with Gasteiger partial charge in [0.05, 0.1) is 16.9 Å². The number of hydrogen-bond donors (Lipinski definition) is 2. The van der Waals surface area contributed by atoms with Gasteiger partial charge in [0.15, 0.2) is 0 Å². The predicted octanol–water partition coefficient (Wildman–Crippen LogP) is 2.04. The summed E-state index contributed by atoms with van der Waals surface area (Å²) in [6, 6.07) is 0.302. The van der Waals surface area contributed by atoms with Crippen LogP contribution in [0.1, 0.15) is 11.3 Å². The second-order valence-corrected chi connectivity index (χ2v) is 3.13. The van der Waals surface area contributed by atoms with E-state index in [0.717, 1.165) is 0 Å². The van der Waals surface area contributed by atoms with E-state index in [2.05, 4.69) is 9.72 Å². The Morgan fingerprint density at radius 2 is 1.72 bits per heavy atom. The van der Waals surface area contributed by atoms with E-state index in [1.165, 1.54) is 0 Å². The summed E-state index contributed by atoms with van der Waals surface area (Å²) < 4.78 is 76.6. The van der Waals surface area contributed by atoms with Crippen LogP contribution in [0.4, 0.5) is 32.0 Å². The van der Waals surface area contributed by atoms with Crippen LogP contribution in [0.3, 0.4) is 0 Å². The van der Waals surface area contributed by atoms with Crippen LogP contribution in [-0.4, -0.2) is 11.3 Å². The van der Waals surface area contributed by atoms with E-state index in [-0.39, 0.29) is 0 Å². The molecule has 0 aliphatic rings. The van der Waals surface area contributed by atoms with Gasteiger partial charge in [0.25, 0.3) is 0 Å². The number of anilines is 1. The van der Waals surface area contributed by atoms with Gasteiger partial charge in [-0.25, -0.2) is 4.98 Å². The van der Waals surface area contributed by atoms with Gasteiger partial charge in [0.2, 0.25) is 5.88 Å². The zero-order chi connectivity index (χ0) is 14.1. The topological polar surface area (TPSA) is 74.2 Å². The largest absolute Gasteiger partial charge is 0.574 e. The second-order valence-electron chi connectivity index (χ2n) is 3.13. The normalized spacial score (nSPS) is 12.6. The molecule has 1 aromatic rings. The minimum Gasteiger partial charge on any atom is -0.394 e. The molecule has 0 atom stereocenters. The zero-order valence-corrected chi connectivity index (χ0v) is 8.56. The number of pyridine rings is 1. The van der Waals surface area contributed by atoms with Crippen molar-refractivity contribution in [3.63, 3.8) is 0 Å². The average Bonchev–Trinajstić information content (AvgIpc) is 2.17. The van der Waals surface area contributed by atoms with Crippen molar-refractivity contribution in [3.05, 3.63) is 17.3 Å². The molecule has 102 valence electrons. The molecule has 1 rings (SSSR count). The molecular formula is C8H7F6N3O. The molecule has 18 heavy (non-hydrogen) atoms. The van der Waals surface area contributed by atoms with Crippen molar-refractivity contribution in [3.8, 4) is 5.88 Å². The monoisotopic (exact) mass is 275 g/mol. The fourth-order valence-electron chi connectivity index (χ4n) is 1.14. The third-order valence-corrected chi connectivity index (χ3v) is 1.81. The highest BCUT2D eigenvalue weighted by Crippen LogP contribution is 2.36. The standard InChI is InChI=1S/C8H7F6N3O/c9-7(10,11)3-1-4(16)6(17-5(3)2-15)18-8(12,13)14/h1H,2,15-16H2. The molecule has 0 fully saturated rings. The van der Waals surface area contributed by atoms with Crippen molar-refractivity contribution in [2.45, 2.75) is 19.1 Å². The van der Waals surface area contributed by atoms with Gasteiger partial charge in [0, 0.05) is 6.54 Å². The fraction of sp³-hybridized carbons (Fsp3) is 0.375. The number of nitrogen functional groups attached to an aromatic ring is 1. The average molecular weight is 275 g/mol. The first kappa shape index (κ1) is 14.4. The quantitative estimate of drug-likeness (QED) is 0.810. The molecule has 0 aromatic carbocycles. The third-order valence-electron chi connectivity index (χ3n) is 1.81. The Kier molecular flexibility index (Phi) is 3.60. The molecule has 0 bridgehead atoms. The number of rotatable bonds is 2. The fourth-order valence-corrected chi connectivity index (χ4v) is 1.14. The highest BCUT2D eigenvalue weighted by atomic mass is 19.4. The van der Waals surface area contributed by atoms with Crippen molar-refractivity contribution in [1.82, 2.24) is 4.98 Å². The maximum absolute atomic E-state index is 12.5. The molecule has 0 aliphatic heterocycles. The van der Waals surface area contributed by atoms with Crippen LogP contribution in [0.25, 0.3) is 0 Å². The van der Waals surface area contributed by atoms with E-state index < -0.39 is 41.9 Å². The molecule has 1 heterocycles.